The van der Waals surface area contributed by atoms with Crippen LogP contribution in [0.25, 0.3) is 0 Å². The molecule has 0 radical (unpaired) electrons. The van der Waals surface area contributed by atoms with Gasteiger partial charge in [0, 0.05) is 18.4 Å². The number of carboxylic acid groups (broad SMARTS) is 1. The van der Waals surface area contributed by atoms with Gasteiger partial charge in [0.05, 0.1) is 4.91 Å². The Balaban J connectivity index is 2.14. The zero-order valence-electron chi connectivity index (χ0n) is 17.7. The van der Waals surface area contributed by atoms with Crippen molar-refractivity contribution >= 4 is 22.0 Å². The molecule has 164 valence electrons. The molecule has 2 aliphatic rings. The third-order valence-electron chi connectivity index (χ3n) is 5.55. The van der Waals surface area contributed by atoms with E-state index in [1.807, 2.05) is 27.7 Å². The lowest BCUT2D eigenvalue weighted by Crippen LogP contribution is -2.40. The van der Waals surface area contributed by atoms with Gasteiger partial charge in [-0.3, -0.25) is 9.79 Å². The number of ether oxygens (including phenoxy) is 1. The van der Waals surface area contributed by atoms with Crippen LogP contribution in [0.5, 0.6) is 0 Å². The Morgan fingerprint density at radius 2 is 2.00 bits per heavy atom. The first kappa shape index (κ1) is 23.2. The smallest absolute Gasteiger partial charge is 0.320 e. The highest BCUT2D eigenvalue weighted by molar-refractivity contribution is 7.94. The Morgan fingerprint density at radius 3 is 2.59 bits per heavy atom. The van der Waals surface area contributed by atoms with E-state index in [9.17, 15) is 13.2 Å². The van der Waals surface area contributed by atoms with Gasteiger partial charge >= 0.3 is 5.97 Å². The minimum atomic E-state index is -3.89. The highest BCUT2D eigenvalue weighted by Crippen LogP contribution is 2.50. The number of nitrogens with zero attached hydrogens (tertiary/aromatic N) is 1. The van der Waals surface area contributed by atoms with Gasteiger partial charge in [-0.15, -0.1) is 0 Å². The molecule has 0 saturated carbocycles. The second-order valence-electron chi connectivity index (χ2n) is 8.40. The van der Waals surface area contributed by atoms with Crippen LogP contribution in [-0.4, -0.2) is 43.6 Å². The van der Waals surface area contributed by atoms with Crippen LogP contribution in [0.4, 0.5) is 0 Å². The second kappa shape index (κ2) is 8.35. The number of fused-ring (bicyclic) bond motifs is 1. The van der Waals surface area contributed by atoms with Crippen molar-refractivity contribution in [2.45, 2.75) is 65.5 Å². The molecule has 1 saturated heterocycles. The minimum Gasteiger partial charge on any atom is -0.492 e. The summed E-state index contributed by atoms with van der Waals surface area (Å²) in [7, 11) is -3.89. The van der Waals surface area contributed by atoms with Gasteiger partial charge in [-0.25, -0.2) is 13.1 Å². The quantitative estimate of drug-likeness (QED) is 0.271. The molecule has 0 bridgehead atoms. The van der Waals surface area contributed by atoms with Crippen LogP contribution < -0.4 is 16.2 Å². The van der Waals surface area contributed by atoms with Gasteiger partial charge in [-0.1, -0.05) is 6.92 Å². The largest absolute Gasteiger partial charge is 0.492 e. The fraction of sp³-hybridized carbons (Fsp3) is 0.684. The van der Waals surface area contributed by atoms with Crippen molar-refractivity contribution in [1.29, 1.82) is 0 Å². The lowest BCUT2D eigenvalue weighted by atomic mass is 9.79. The van der Waals surface area contributed by atoms with E-state index in [4.69, 9.17) is 21.3 Å². The first-order valence-electron chi connectivity index (χ1n) is 9.69. The number of carbonyl (C=O) groups is 1. The summed E-state index contributed by atoms with van der Waals surface area (Å²) in [6.45, 7) is 9.72. The Labute approximate surface area is 172 Å². The van der Waals surface area contributed by atoms with Gasteiger partial charge < -0.3 is 21.3 Å². The highest BCUT2D eigenvalue weighted by atomic mass is 32.2. The number of nitrogens with one attached hydrogen (secondary N) is 1. The maximum Gasteiger partial charge on any atom is 0.320 e. The highest BCUT2D eigenvalue weighted by Gasteiger charge is 2.47. The molecule has 2 unspecified atom stereocenters. The van der Waals surface area contributed by atoms with Gasteiger partial charge in [0.25, 0.3) is 10.0 Å². The van der Waals surface area contributed by atoms with Crippen molar-refractivity contribution in [2.75, 3.05) is 6.54 Å². The van der Waals surface area contributed by atoms with E-state index in [-0.39, 0.29) is 36.4 Å². The van der Waals surface area contributed by atoms with E-state index in [0.717, 1.165) is 17.8 Å². The van der Waals surface area contributed by atoms with Crippen LogP contribution in [0.1, 0.15) is 53.9 Å². The van der Waals surface area contributed by atoms with E-state index >= 15 is 0 Å². The molecule has 1 aliphatic heterocycles. The first-order valence-corrected chi connectivity index (χ1v) is 11.2. The van der Waals surface area contributed by atoms with Crippen LogP contribution in [-0.2, 0) is 19.6 Å². The van der Waals surface area contributed by atoms with Gasteiger partial charge in [-0.2, -0.15) is 0 Å². The second-order valence-corrected chi connectivity index (χ2v) is 10.0. The Kier molecular flexibility index (Phi) is 6.68. The van der Waals surface area contributed by atoms with Crippen LogP contribution in [0.15, 0.2) is 26.8 Å². The monoisotopic (exact) mass is 428 g/mol. The van der Waals surface area contributed by atoms with Crippen LogP contribution in [0, 0.1) is 11.8 Å². The molecule has 0 amide bonds. The number of hydrogen-bond donors (Lipinski definition) is 4. The lowest BCUT2D eigenvalue weighted by Gasteiger charge is -2.30. The van der Waals surface area contributed by atoms with Gasteiger partial charge in [0.2, 0.25) is 5.96 Å². The number of carboxylic acids is 1. The number of rotatable bonds is 7. The van der Waals surface area contributed by atoms with Gasteiger partial charge in [0.15, 0.2) is 0 Å². The number of guanidine groups is 1. The van der Waals surface area contributed by atoms with Crippen molar-refractivity contribution in [1.82, 2.24) is 4.72 Å². The predicted octanol–water partition coefficient (Wildman–Crippen LogP) is 1.43. The summed E-state index contributed by atoms with van der Waals surface area (Å²) in [4.78, 5) is 15.0. The molecule has 2 rings (SSSR count). The van der Waals surface area contributed by atoms with Crippen molar-refractivity contribution < 1.29 is 23.1 Å². The zero-order chi connectivity index (χ0) is 22.1. The van der Waals surface area contributed by atoms with E-state index in [1.54, 1.807) is 6.92 Å². The molecule has 0 aromatic carbocycles. The summed E-state index contributed by atoms with van der Waals surface area (Å²) in [5.74, 6) is -0.698. The van der Waals surface area contributed by atoms with Crippen LogP contribution >= 0.6 is 0 Å². The molecule has 0 spiro atoms. The molecular formula is C19H32N4O5S. The van der Waals surface area contributed by atoms with Crippen molar-refractivity contribution in [3.05, 3.63) is 21.8 Å². The summed E-state index contributed by atoms with van der Waals surface area (Å²) < 4.78 is 34.5. The molecule has 29 heavy (non-hydrogen) atoms. The summed E-state index contributed by atoms with van der Waals surface area (Å²) in [6.07, 6.45) is 1.35. The third-order valence-corrected chi connectivity index (χ3v) is 7.29. The van der Waals surface area contributed by atoms with Crippen molar-refractivity contribution in [2.24, 2.45) is 28.3 Å². The molecule has 1 fully saturated rings. The number of allylic oxidation sites excluding steroid dienone is 4. The third kappa shape index (κ3) is 5.11. The molecule has 3 atom stereocenters. The molecule has 6 N–H and O–H groups in total. The zero-order valence-corrected chi connectivity index (χ0v) is 18.5. The first-order chi connectivity index (χ1) is 13.3. The molecular weight excluding hydrogens is 396 g/mol. The summed E-state index contributed by atoms with van der Waals surface area (Å²) in [5.41, 5.74) is 12.4. The number of aliphatic carboxylic acids is 1. The number of aliphatic imine (C=N–C) groups is 1. The maximum atomic E-state index is 13.1. The molecule has 10 heteroatoms. The Hall–Kier alpha value is -2.07. The standard InChI is InChI=1S/C19H32N4O5S/c1-10-11(2)16(12(3)13-9-19(4,5)28-15(10)13)29(26,27)23-18(21)22-8-6-7-14(20)17(24)25/h12-14H,6-9,20H2,1-5H3,(H,24,25)(H3,21,22,23)/t12?,13?,14-/m1/s1. The van der Waals surface area contributed by atoms with E-state index < -0.39 is 22.0 Å². The summed E-state index contributed by atoms with van der Waals surface area (Å²) in [6, 6.07) is -0.971. The van der Waals surface area contributed by atoms with Crippen LogP contribution in [0.3, 0.4) is 0 Å². The topological polar surface area (TPSA) is 157 Å². The fourth-order valence-electron chi connectivity index (χ4n) is 4.00. The van der Waals surface area contributed by atoms with Crippen molar-refractivity contribution in [3.8, 4) is 0 Å². The van der Waals surface area contributed by atoms with Crippen LogP contribution in [0.2, 0.25) is 0 Å². The van der Waals surface area contributed by atoms with Gasteiger partial charge in [-0.05, 0) is 58.1 Å². The summed E-state index contributed by atoms with van der Waals surface area (Å²) in [5, 5.41) is 8.76. The van der Waals surface area contributed by atoms with Gasteiger partial charge in [0.1, 0.15) is 17.4 Å². The van der Waals surface area contributed by atoms with E-state index in [0.29, 0.717) is 16.9 Å². The minimum absolute atomic E-state index is 0.00376. The predicted molar refractivity (Wildman–Crippen MR) is 111 cm³/mol. The average Bonchev–Trinajstić information content (AvgIpc) is 2.92. The van der Waals surface area contributed by atoms with E-state index in [2.05, 4.69) is 9.71 Å². The molecule has 0 aromatic heterocycles. The average molecular weight is 429 g/mol. The Morgan fingerprint density at radius 1 is 1.38 bits per heavy atom. The molecule has 1 heterocycles. The SMILES string of the molecule is CC1=C2OC(C)(C)CC2C(C)C(S(=O)(=O)NC(N)=NCCC[C@@H](N)C(=O)O)=C1C. The lowest BCUT2D eigenvalue weighted by molar-refractivity contribution is -0.138. The maximum absolute atomic E-state index is 13.1. The molecule has 9 nitrogen and oxygen atoms in total. The van der Waals surface area contributed by atoms with E-state index in [1.165, 1.54) is 0 Å². The number of hydrogen-bond acceptors (Lipinski definition) is 6. The number of sulfonamides is 1. The normalized spacial score (nSPS) is 25.5. The molecule has 1 aliphatic carbocycles. The van der Waals surface area contributed by atoms with Crippen molar-refractivity contribution in [3.63, 3.8) is 0 Å². The summed E-state index contributed by atoms with van der Waals surface area (Å²) >= 11 is 0. The fourth-order valence-corrected chi connectivity index (χ4v) is 5.65. The Bertz CT molecular complexity index is 873. The number of nitrogens with two attached hydrogens (primary N) is 2. The molecule has 0 aromatic rings.